The molecule has 1 saturated carbocycles. The smallest absolute Gasteiger partial charge is 0.253 e. The van der Waals surface area contributed by atoms with Gasteiger partial charge in [-0.2, -0.15) is 0 Å². The van der Waals surface area contributed by atoms with Crippen molar-refractivity contribution in [1.29, 1.82) is 0 Å². The number of carbonyl (C=O) groups excluding carboxylic acids is 2. The van der Waals surface area contributed by atoms with Gasteiger partial charge in [0.25, 0.3) is 5.91 Å². The van der Waals surface area contributed by atoms with Gasteiger partial charge in [0.15, 0.2) is 0 Å². The van der Waals surface area contributed by atoms with Crippen LogP contribution in [-0.2, 0) is 11.2 Å². The molecule has 202 valence electrons. The van der Waals surface area contributed by atoms with Gasteiger partial charge in [0.1, 0.15) is 17.9 Å². The van der Waals surface area contributed by atoms with E-state index in [-0.39, 0.29) is 34.6 Å². The summed E-state index contributed by atoms with van der Waals surface area (Å²) in [5.41, 5.74) is 1.78. The normalized spacial score (nSPS) is 20.5. The highest BCUT2D eigenvalue weighted by Gasteiger charge is 2.53. The molecule has 4 rings (SSSR count). The molecule has 1 aliphatic heterocycles. The first kappa shape index (κ1) is 27.3. The van der Waals surface area contributed by atoms with E-state index in [1.807, 2.05) is 32.0 Å². The average molecular weight is 510 g/mol. The minimum Gasteiger partial charge on any atom is -0.360 e. The Morgan fingerprint density at radius 2 is 1.86 bits per heavy atom. The Kier molecular flexibility index (Phi) is 8.07. The SMILES string of the molecule is CC(C)[C@H](C=O)c1cc(CCCN2CCN(c3ccc(C(=O)NC4C(C)(C)CC4(C)C)cn3)CC2)no1. The second-order valence-corrected chi connectivity index (χ2v) is 12.5. The topological polar surface area (TPSA) is 91.6 Å². The summed E-state index contributed by atoms with van der Waals surface area (Å²) in [5, 5.41) is 7.40. The number of aryl methyl sites for hydroxylation is 1. The number of aromatic nitrogens is 2. The van der Waals surface area contributed by atoms with E-state index in [0.717, 1.165) is 69.8 Å². The third kappa shape index (κ3) is 6.22. The fraction of sp³-hybridized carbons (Fsp3) is 0.655. The maximum absolute atomic E-state index is 12.8. The van der Waals surface area contributed by atoms with Gasteiger partial charge >= 0.3 is 0 Å². The first-order valence-electron chi connectivity index (χ1n) is 13.7. The van der Waals surface area contributed by atoms with Crippen LogP contribution in [0.1, 0.15) is 82.1 Å². The van der Waals surface area contributed by atoms with E-state index in [4.69, 9.17) is 4.52 Å². The molecule has 1 N–H and O–H groups in total. The Bertz CT molecular complexity index is 1050. The Balaban J connectivity index is 1.21. The van der Waals surface area contributed by atoms with Crippen molar-refractivity contribution in [2.45, 2.75) is 72.8 Å². The molecule has 2 aromatic rings. The summed E-state index contributed by atoms with van der Waals surface area (Å²) in [6.07, 6.45) is 5.59. The van der Waals surface area contributed by atoms with Crippen LogP contribution < -0.4 is 10.2 Å². The van der Waals surface area contributed by atoms with Crippen molar-refractivity contribution < 1.29 is 14.1 Å². The number of piperazine rings is 1. The maximum atomic E-state index is 12.8. The molecule has 37 heavy (non-hydrogen) atoms. The molecule has 0 unspecified atom stereocenters. The van der Waals surface area contributed by atoms with Crippen LogP contribution in [0.5, 0.6) is 0 Å². The van der Waals surface area contributed by atoms with Crippen LogP contribution in [0, 0.1) is 16.7 Å². The van der Waals surface area contributed by atoms with Gasteiger partial charge in [-0.05, 0) is 54.7 Å². The van der Waals surface area contributed by atoms with Gasteiger partial charge in [-0.25, -0.2) is 4.98 Å². The molecule has 1 saturated heterocycles. The Morgan fingerprint density at radius 1 is 1.16 bits per heavy atom. The average Bonchev–Trinajstić information content (AvgIpc) is 3.30. The predicted octanol–water partition coefficient (Wildman–Crippen LogP) is 4.32. The fourth-order valence-electron chi connectivity index (χ4n) is 6.46. The second-order valence-electron chi connectivity index (χ2n) is 12.5. The molecule has 3 heterocycles. The van der Waals surface area contributed by atoms with E-state index in [1.54, 1.807) is 6.20 Å². The number of pyridine rings is 1. The van der Waals surface area contributed by atoms with E-state index in [1.165, 1.54) is 0 Å². The predicted molar refractivity (Wildman–Crippen MR) is 145 cm³/mol. The third-order valence-corrected chi connectivity index (χ3v) is 8.13. The lowest BCUT2D eigenvalue weighted by Crippen LogP contribution is -2.63. The van der Waals surface area contributed by atoms with Crippen LogP contribution in [0.4, 0.5) is 5.82 Å². The summed E-state index contributed by atoms with van der Waals surface area (Å²) < 4.78 is 5.42. The Labute approximate surface area is 221 Å². The van der Waals surface area contributed by atoms with Crippen molar-refractivity contribution in [3.8, 4) is 0 Å². The quantitative estimate of drug-likeness (QED) is 0.477. The van der Waals surface area contributed by atoms with Crippen LogP contribution in [0.25, 0.3) is 0 Å². The minimum atomic E-state index is -0.228. The number of hydrogen-bond acceptors (Lipinski definition) is 7. The number of rotatable bonds is 10. The highest BCUT2D eigenvalue weighted by molar-refractivity contribution is 5.94. The lowest BCUT2D eigenvalue weighted by molar-refractivity contribution is -0.110. The highest BCUT2D eigenvalue weighted by Crippen LogP contribution is 2.53. The molecule has 1 atom stereocenters. The van der Waals surface area contributed by atoms with Crippen LogP contribution in [0.3, 0.4) is 0 Å². The molecule has 1 aliphatic carbocycles. The van der Waals surface area contributed by atoms with E-state index in [2.05, 4.69) is 53.0 Å². The largest absolute Gasteiger partial charge is 0.360 e. The monoisotopic (exact) mass is 509 g/mol. The van der Waals surface area contributed by atoms with Gasteiger partial charge in [0.05, 0.1) is 17.2 Å². The number of nitrogens with one attached hydrogen (secondary N) is 1. The minimum absolute atomic E-state index is 0.0418. The number of anilines is 1. The standard InChI is InChI=1S/C29H43N5O3/c1-20(2)23(18-35)24-16-22(32-37-24)8-7-11-33-12-14-34(15-13-33)25-10-9-21(17-30-25)26(36)31-27-28(3,4)19-29(27,5)6/h9-10,16-18,20,23,27H,7-8,11-15,19H2,1-6H3,(H,31,36)/t23-/m0/s1. The number of hydrogen-bond donors (Lipinski definition) is 1. The lowest BCUT2D eigenvalue weighted by atomic mass is 9.52. The van der Waals surface area contributed by atoms with Crippen molar-refractivity contribution in [3.63, 3.8) is 0 Å². The first-order valence-corrected chi connectivity index (χ1v) is 13.7. The van der Waals surface area contributed by atoms with Gasteiger partial charge in [-0.3, -0.25) is 9.69 Å². The van der Waals surface area contributed by atoms with Gasteiger partial charge < -0.3 is 19.5 Å². The van der Waals surface area contributed by atoms with E-state index >= 15 is 0 Å². The van der Waals surface area contributed by atoms with E-state index in [0.29, 0.717) is 11.3 Å². The summed E-state index contributed by atoms with van der Waals surface area (Å²) >= 11 is 0. The van der Waals surface area contributed by atoms with Crippen LogP contribution >= 0.6 is 0 Å². The van der Waals surface area contributed by atoms with Gasteiger partial charge in [0, 0.05) is 44.5 Å². The van der Waals surface area contributed by atoms with Gasteiger partial charge in [-0.15, -0.1) is 0 Å². The molecule has 8 nitrogen and oxygen atoms in total. The molecule has 0 aromatic carbocycles. The molecule has 2 fully saturated rings. The summed E-state index contributed by atoms with van der Waals surface area (Å²) in [7, 11) is 0. The van der Waals surface area contributed by atoms with Crippen LogP contribution in [-0.4, -0.2) is 66.0 Å². The molecular weight excluding hydrogens is 466 g/mol. The summed E-state index contributed by atoms with van der Waals surface area (Å²) in [6.45, 7) is 17.6. The molecule has 0 bridgehead atoms. The number of nitrogens with zero attached hydrogens (tertiary/aromatic N) is 4. The highest BCUT2D eigenvalue weighted by atomic mass is 16.5. The van der Waals surface area contributed by atoms with E-state index < -0.39 is 0 Å². The van der Waals surface area contributed by atoms with Crippen LogP contribution in [0.15, 0.2) is 28.9 Å². The zero-order valence-corrected chi connectivity index (χ0v) is 23.3. The number of aldehydes is 1. The molecule has 2 aliphatic rings. The van der Waals surface area contributed by atoms with Crippen molar-refractivity contribution in [2.24, 2.45) is 16.7 Å². The maximum Gasteiger partial charge on any atom is 0.253 e. The van der Waals surface area contributed by atoms with Crippen molar-refractivity contribution in [2.75, 3.05) is 37.6 Å². The molecule has 8 heteroatoms. The second kappa shape index (κ2) is 10.9. The van der Waals surface area contributed by atoms with Crippen molar-refractivity contribution in [3.05, 3.63) is 41.4 Å². The van der Waals surface area contributed by atoms with E-state index in [9.17, 15) is 9.59 Å². The summed E-state index contributed by atoms with van der Waals surface area (Å²) in [6, 6.07) is 5.96. The van der Waals surface area contributed by atoms with Gasteiger partial charge in [-0.1, -0.05) is 46.7 Å². The summed E-state index contributed by atoms with van der Waals surface area (Å²) in [5.74, 6) is 1.52. The van der Waals surface area contributed by atoms with Crippen molar-refractivity contribution >= 4 is 18.0 Å². The third-order valence-electron chi connectivity index (χ3n) is 8.13. The number of carbonyl (C=O) groups is 2. The van der Waals surface area contributed by atoms with Gasteiger partial charge in [0.2, 0.25) is 0 Å². The van der Waals surface area contributed by atoms with Crippen LogP contribution in [0.2, 0.25) is 0 Å². The molecule has 0 radical (unpaired) electrons. The molecule has 2 aromatic heterocycles. The molecule has 0 spiro atoms. The zero-order valence-electron chi connectivity index (χ0n) is 23.3. The first-order chi connectivity index (χ1) is 17.5. The number of amides is 1. The lowest BCUT2D eigenvalue weighted by Gasteiger charge is -2.57. The zero-order chi connectivity index (χ0) is 26.8. The molecule has 1 amide bonds. The van der Waals surface area contributed by atoms with Crippen molar-refractivity contribution in [1.82, 2.24) is 20.4 Å². The summed E-state index contributed by atoms with van der Waals surface area (Å²) in [4.78, 5) is 33.5. The fourth-order valence-corrected chi connectivity index (χ4v) is 6.46. The Morgan fingerprint density at radius 3 is 2.43 bits per heavy atom. The molecular formula is C29H43N5O3. The Hall–Kier alpha value is -2.74.